The van der Waals surface area contributed by atoms with Crippen LogP contribution in [-0.2, 0) is 4.79 Å². The van der Waals surface area contributed by atoms with Gasteiger partial charge in [0.25, 0.3) is 0 Å². The molecule has 0 aliphatic heterocycles. The quantitative estimate of drug-likeness (QED) is 0.761. The summed E-state index contributed by atoms with van der Waals surface area (Å²) in [4.78, 5) is 10.4. The Morgan fingerprint density at radius 2 is 2.07 bits per heavy atom. The van der Waals surface area contributed by atoms with Crippen LogP contribution in [0.25, 0.3) is 0 Å². The molecule has 0 fully saturated rings. The molecule has 0 aliphatic rings. The molecule has 1 unspecified atom stereocenters. The van der Waals surface area contributed by atoms with Gasteiger partial charge in [-0.1, -0.05) is 15.9 Å². The van der Waals surface area contributed by atoms with Gasteiger partial charge < -0.3 is 16.2 Å². The molecule has 0 spiro atoms. The fourth-order valence-electron chi connectivity index (χ4n) is 0.883. The van der Waals surface area contributed by atoms with Crippen molar-refractivity contribution in [3.05, 3.63) is 28.7 Å². The van der Waals surface area contributed by atoms with Gasteiger partial charge in [-0.05, 0) is 24.3 Å². The molecule has 0 heterocycles. The first-order chi connectivity index (χ1) is 6.59. The van der Waals surface area contributed by atoms with Gasteiger partial charge in [0.15, 0.2) is 0 Å². The van der Waals surface area contributed by atoms with Gasteiger partial charge in [-0.3, -0.25) is 4.79 Å². The number of rotatable bonds is 4. The van der Waals surface area contributed by atoms with Crippen molar-refractivity contribution >= 4 is 27.6 Å². The minimum atomic E-state index is -1.00. The van der Waals surface area contributed by atoms with Crippen LogP contribution in [0.15, 0.2) is 28.7 Å². The van der Waals surface area contributed by atoms with Crippen molar-refractivity contribution in [1.82, 2.24) is 0 Å². The summed E-state index contributed by atoms with van der Waals surface area (Å²) in [6.45, 7) is 0.219. The number of benzene rings is 1. The molecule has 0 aliphatic carbocycles. The van der Waals surface area contributed by atoms with E-state index in [4.69, 9.17) is 10.8 Å². The molecule has 0 aromatic heterocycles. The van der Waals surface area contributed by atoms with E-state index < -0.39 is 12.0 Å². The molecule has 4 N–H and O–H groups in total. The third-order valence-electron chi connectivity index (χ3n) is 1.69. The van der Waals surface area contributed by atoms with Crippen molar-refractivity contribution in [2.75, 3.05) is 11.9 Å². The molecule has 5 heteroatoms. The molecular formula is C9H11BrN2O2. The molecule has 0 saturated heterocycles. The van der Waals surface area contributed by atoms with Gasteiger partial charge in [-0.2, -0.15) is 0 Å². The first-order valence-electron chi connectivity index (χ1n) is 4.07. The van der Waals surface area contributed by atoms with Gasteiger partial charge in [0.2, 0.25) is 0 Å². The molecule has 76 valence electrons. The minimum absolute atomic E-state index is 0.219. The zero-order chi connectivity index (χ0) is 10.6. The smallest absolute Gasteiger partial charge is 0.322 e. The maximum absolute atomic E-state index is 10.4. The van der Waals surface area contributed by atoms with Gasteiger partial charge in [-0.25, -0.2) is 0 Å². The van der Waals surface area contributed by atoms with E-state index in [-0.39, 0.29) is 6.54 Å². The fraction of sp³-hybridized carbons (Fsp3) is 0.222. The van der Waals surface area contributed by atoms with Crippen LogP contribution in [0.1, 0.15) is 0 Å². The zero-order valence-corrected chi connectivity index (χ0v) is 8.99. The summed E-state index contributed by atoms with van der Waals surface area (Å²) in [5.74, 6) is -1.00. The average Bonchev–Trinajstić information content (AvgIpc) is 2.16. The van der Waals surface area contributed by atoms with Crippen molar-refractivity contribution in [2.45, 2.75) is 6.04 Å². The standard InChI is InChI=1S/C9H11BrN2O2/c10-6-1-3-7(4-2-6)12-5-8(11)9(13)14/h1-4,8,12H,5,11H2,(H,13,14). The van der Waals surface area contributed by atoms with Crippen molar-refractivity contribution in [3.8, 4) is 0 Å². The Morgan fingerprint density at radius 1 is 1.50 bits per heavy atom. The zero-order valence-electron chi connectivity index (χ0n) is 7.40. The number of halogens is 1. The molecule has 4 nitrogen and oxygen atoms in total. The summed E-state index contributed by atoms with van der Waals surface area (Å²) in [5.41, 5.74) is 6.17. The van der Waals surface area contributed by atoms with Crippen LogP contribution in [0, 0.1) is 0 Å². The number of carbonyl (C=O) groups is 1. The second-order valence-corrected chi connectivity index (χ2v) is 3.75. The van der Waals surface area contributed by atoms with E-state index in [9.17, 15) is 4.79 Å². The SMILES string of the molecule is NC(CNc1ccc(Br)cc1)C(=O)O. The highest BCUT2D eigenvalue weighted by molar-refractivity contribution is 9.10. The van der Waals surface area contributed by atoms with Crippen LogP contribution in [0.3, 0.4) is 0 Å². The Kier molecular flexibility index (Phi) is 3.91. The third kappa shape index (κ3) is 3.35. The predicted octanol–water partition coefficient (Wildman–Crippen LogP) is 1.27. The van der Waals surface area contributed by atoms with Gasteiger partial charge in [0.1, 0.15) is 6.04 Å². The van der Waals surface area contributed by atoms with E-state index in [0.717, 1.165) is 10.2 Å². The van der Waals surface area contributed by atoms with Gasteiger partial charge in [0.05, 0.1) is 0 Å². The second kappa shape index (κ2) is 4.97. The van der Waals surface area contributed by atoms with Crippen LogP contribution in [-0.4, -0.2) is 23.7 Å². The van der Waals surface area contributed by atoms with Crippen LogP contribution in [0.2, 0.25) is 0 Å². The number of carboxylic acid groups (broad SMARTS) is 1. The molecule has 0 bridgehead atoms. The average molecular weight is 259 g/mol. The predicted molar refractivity (Wildman–Crippen MR) is 58.2 cm³/mol. The summed E-state index contributed by atoms with van der Waals surface area (Å²) < 4.78 is 0.977. The first-order valence-corrected chi connectivity index (χ1v) is 4.86. The summed E-state index contributed by atoms with van der Waals surface area (Å²) in [5, 5.41) is 11.5. The molecule has 14 heavy (non-hydrogen) atoms. The van der Waals surface area contributed by atoms with E-state index in [1.165, 1.54) is 0 Å². The normalized spacial score (nSPS) is 12.1. The Balaban J connectivity index is 2.46. The monoisotopic (exact) mass is 258 g/mol. The Labute approximate surface area is 90.2 Å². The molecule has 0 saturated carbocycles. The molecule has 0 amide bonds. The van der Waals surface area contributed by atoms with E-state index in [1.807, 2.05) is 24.3 Å². The largest absolute Gasteiger partial charge is 0.480 e. The van der Waals surface area contributed by atoms with Crippen LogP contribution in [0.4, 0.5) is 5.69 Å². The molecule has 1 rings (SSSR count). The van der Waals surface area contributed by atoms with Crippen LogP contribution in [0.5, 0.6) is 0 Å². The highest BCUT2D eigenvalue weighted by atomic mass is 79.9. The lowest BCUT2D eigenvalue weighted by molar-refractivity contribution is -0.138. The van der Waals surface area contributed by atoms with E-state index >= 15 is 0 Å². The second-order valence-electron chi connectivity index (χ2n) is 2.83. The number of carboxylic acids is 1. The lowest BCUT2D eigenvalue weighted by Gasteiger charge is -2.09. The number of nitrogens with two attached hydrogens (primary N) is 1. The first kappa shape index (κ1) is 11.0. The number of nitrogens with one attached hydrogen (secondary N) is 1. The summed E-state index contributed by atoms with van der Waals surface area (Å²) in [7, 11) is 0. The highest BCUT2D eigenvalue weighted by Crippen LogP contribution is 2.13. The van der Waals surface area contributed by atoms with Gasteiger partial charge >= 0.3 is 5.97 Å². The van der Waals surface area contributed by atoms with E-state index in [2.05, 4.69) is 21.2 Å². The van der Waals surface area contributed by atoms with Gasteiger partial charge in [-0.15, -0.1) is 0 Å². The van der Waals surface area contributed by atoms with Gasteiger partial charge in [0, 0.05) is 16.7 Å². The molecule has 1 aromatic rings. The maximum Gasteiger partial charge on any atom is 0.322 e. The van der Waals surface area contributed by atoms with Crippen LogP contribution < -0.4 is 11.1 Å². The minimum Gasteiger partial charge on any atom is -0.480 e. The number of aliphatic carboxylic acids is 1. The topological polar surface area (TPSA) is 75.3 Å². The van der Waals surface area contributed by atoms with E-state index in [0.29, 0.717) is 0 Å². The van der Waals surface area contributed by atoms with E-state index in [1.54, 1.807) is 0 Å². The fourth-order valence-corrected chi connectivity index (χ4v) is 1.15. The maximum atomic E-state index is 10.4. The Bertz CT molecular complexity index is 313. The molecule has 1 aromatic carbocycles. The summed E-state index contributed by atoms with van der Waals surface area (Å²) in [6.07, 6.45) is 0. The number of hydrogen-bond donors (Lipinski definition) is 3. The lowest BCUT2D eigenvalue weighted by Crippen LogP contribution is -2.36. The molecule has 0 radical (unpaired) electrons. The highest BCUT2D eigenvalue weighted by Gasteiger charge is 2.09. The van der Waals surface area contributed by atoms with Crippen molar-refractivity contribution < 1.29 is 9.90 Å². The summed E-state index contributed by atoms with van der Waals surface area (Å²) in [6, 6.07) is 6.55. The lowest BCUT2D eigenvalue weighted by atomic mass is 10.3. The molecular weight excluding hydrogens is 248 g/mol. The van der Waals surface area contributed by atoms with Crippen LogP contribution >= 0.6 is 15.9 Å². The van der Waals surface area contributed by atoms with Crippen molar-refractivity contribution in [3.63, 3.8) is 0 Å². The van der Waals surface area contributed by atoms with Crippen molar-refractivity contribution in [1.29, 1.82) is 0 Å². The Hall–Kier alpha value is -1.07. The third-order valence-corrected chi connectivity index (χ3v) is 2.22. The Morgan fingerprint density at radius 3 is 2.57 bits per heavy atom. The van der Waals surface area contributed by atoms with Crippen molar-refractivity contribution in [2.24, 2.45) is 5.73 Å². The summed E-state index contributed by atoms with van der Waals surface area (Å²) >= 11 is 3.30. The number of hydrogen-bond acceptors (Lipinski definition) is 3. The number of anilines is 1. The molecule has 1 atom stereocenters.